The van der Waals surface area contributed by atoms with Gasteiger partial charge in [-0.1, -0.05) is 12.1 Å². The van der Waals surface area contributed by atoms with Crippen molar-refractivity contribution in [1.82, 2.24) is 9.97 Å². The molecule has 92 valence electrons. The first-order chi connectivity index (χ1) is 8.78. The van der Waals surface area contributed by atoms with E-state index in [1.165, 1.54) is 12.1 Å². The lowest BCUT2D eigenvalue weighted by atomic mass is 10.1. The van der Waals surface area contributed by atoms with Gasteiger partial charge in [0.15, 0.2) is 12.4 Å². The van der Waals surface area contributed by atoms with E-state index in [2.05, 4.69) is 14.7 Å². The van der Waals surface area contributed by atoms with Crippen LogP contribution in [0.3, 0.4) is 0 Å². The van der Waals surface area contributed by atoms with Crippen molar-refractivity contribution in [3.8, 4) is 0 Å². The summed E-state index contributed by atoms with van der Waals surface area (Å²) in [7, 11) is 0. The van der Waals surface area contributed by atoms with Crippen LogP contribution >= 0.6 is 0 Å². The minimum absolute atomic E-state index is 0.0698. The van der Waals surface area contributed by atoms with Crippen LogP contribution in [0.1, 0.15) is 17.0 Å². The molecular formula is C13H11FN2O2. The second-order valence-electron chi connectivity index (χ2n) is 3.72. The van der Waals surface area contributed by atoms with Gasteiger partial charge < -0.3 is 4.74 Å². The van der Waals surface area contributed by atoms with Crippen LogP contribution in [0.15, 0.2) is 36.7 Å². The molecule has 0 N–H and O–H groups in total. The fraction of sp³-hybridized carbons (Fsp3) is 0.154. The number of carbonyl (C=O) groups excluding carboxylic acids is 1. The van der Waals surface area contributed by atoms with Crippen molar-refractivity contribution >= 4 is 6.47 Å². The molecule has 0 bridgehead atoms. The van der Waals surface area contributed by atoms with Crippen molar-refractivity contribution < 1.29 is 13.9 Å². The number of carbonyl (C=O) groups is 1. The molecule has 0 radical (unpaired) electrons. The maximum absolute atomic E-state index is 12.7. The molecule has 0 aliphatic rings. The predicted molar refractivity (Wildman–Crippen MR) is 62.1 cm³/mol. The van der Waals surface area contributed by atoms with Crippen molar-refractivity contribution in [3.63, 3.8) is 0 Å². The lowest BCUT2D eigenvalue weighted by molar-refractivity contribution is -0.130. The summed E-state index contributed by atoms with van der Waals surface area (Å²) in [5.74, 6) is 0.196. The number of benzene rings is 1. The zero-order valence-electron chi connectivity index (χ0n) is 9.54. The molecule has 4 nitrogen and oxygen atoms in total. The van der Waals surface area contributed by atoms with Gasteiger partial charge in [-0.3, -0.25) is 4.79 Å². The van der Waals surface area contributed by atoms with E-state index in [9.17, 15) is 9.18 Å². The van der Waals surface area contributed by atoms with E-state index in [1.54, 1.807) is 24.5 Å². The Morgan fingerprint density at radius 1 is 1.11 bits per heavy atom. The van der Waals surface area contributed by atoms with Crippen molar-refractivity contribution in [2.24, 2.45) is 0 Å². The molecule has 0 atom stereocenters. The van der Waals surface area contributed by atoms with E-state index >= 15 is 0 Å². The van der Waals surface area contributed by atoms with Crippen molar-refractivity contribution in [3.05, 3.63) is 59.4 Å². The SMILES string of the molecule is O=COCc1ncc(Cc2ccc(F)cc2)cn1. The molecular weight excluding hydrogens is 235 g/mol. The molecule has 0 amide bonds. The Kier molecular flexibility index (Phi) is 3.96. The average Bonchev–Trinajstić information content (AvgIpc) is 2.41. The van der Waals surface area contributed by atoms with Gasteiger partial charge in [0.1, 0.15) is 5.82 Å². The van der Waals surface area contributed by atoms with Gasteiger partial charge in [-0.05, 0) is 23.3 Å². The topological polar surface area (TPSA) is 52.1 Å². The first-order valence-corrected chi connectivity index (χ1v) is 5.37. The summed E-state index contributed by atoms with van der Waals surface area (Å²) >= 11 is 0. The quantitative estimate of drug-likeness (QED) is 0.756. The minimum atomic E-state index is -0.253. The van der Waals surface area contributed by atoms with Gasteiger partial charge in [-0.25, -0.2) is 14.4 Å². The Morgan fingerprint density at radius 2 is 1.78 bits per heavy atom. The maximum atomic E-state index is 12.7. The van der Waals surface area contributed by atoms with Gasteiger partial charge in [-0.15, -0.1) is 0 Å². The minimum Gasteiger partial charge on any atom is -0.460 e. The Balaban J connectivity index is 2.01. The Bertz CT molecular complexity index is 512. The molecule has 0 saturated heterocycles. The molecule has 1 heterocycles. The fourth-order valence-corrected chi connectivity index (χ4v) is 1.49. The molecule has 0 fully saturated rings. The summed E-state index contributed by atoms with van der Waals surface area (Å²) < 4.78 is 17.3. The second-order valence-corrected chi connectivity index (χ2v) is 3.72. The third-order valence-electron chi connectivity index (χ3n) is 2.36. The molecule has 2 aromatic rings. The van der Waals surface area contributed by atoms with Crippen LogP contribution < -0.4 is 0 Å². The van der Waals surface area contributed by atoms with E-state index in [0.717, 1.165) is 11.1 Å². The highest BCUT2D eigenvalue weighted by Gasteiger charge is 2.00. The normalized spacial score (nSPS) is 10.1. The summed E-state index contributed by atoms with van der Waals surface area (Å²) in [6.45, 7) is 0.427. The van der Waals surface area contributed by atoms with Crippen LogP contribution in [0, 0.1) is 5.82 Å². The fourth-order valence-electron chi connectivity index (χ4n) is 1.49. The molecule has 5 heteroatoms. The Hall–Kier alpha value is -2.30. The van der Waals surface area contributed by atoms with Crippen molar-refractivity contribution in [2.45, 2.75) is 13.0 Å². The predicted octanol–water partition coefficient (Wildman–Crippen LogP) is 1.88. The van der Waals surface area contributed by atoms with E-state index in [1.807, 2.05) is 0 Å². The van der Waals surface area contributed by atoms with Crippen LogP contribution in [-0.2, 0) is 22.6 Å². The van der Waals surface area contributed by atoms with Gasteiger partial charge in [0.2, 0.25) is 0 Å². The number of ether oxygens (including phenoxy) is 1. The largest absolute Gasteiger partial charge is 0.460 e. The molecule has 0 aliphatic carbocycles. The number of rotatable bonds is 5. The molecule has 0 aliphatic heterocycles. The third-order valence-corrected chi connectivity index (χ3v) is 2.36. The van der Waals surface area contributed by atoms with Crippen LogP contribution in [0.5, 0.6) is 0 Å². The highest BCUT2D eigenvalue weighted by Crippen LogP contribution is 2.09. The monoisotopic (exact) mass is 246 g/mol. The lowest BCUT2D eigenvalue weighted by Gasteiger charge is -2.02. The first kappa shape index (κ1) is 12.2. The first-order valence-electron chi connectivity index (χ1n) is 5.37. The summed E-state index contributed by atoms with van der Waals surface area (Å²) in [6.07, 6.45) is 3.97. The third kappa shape index (κ3) is 3.35. The number of halogens is 1. The second kappa shape index (κ2) is 5.86. The molecule has 0 spiro atoms. The molecule has 0 unspecified atom stereocenters. The van der Waals surface area contributed by atoms with E-state index in [4.69, 9.17) is 0 Å². The summed E-state index contributed by atoms with van der Waals surface area (Å²) in [4.78, 5) is 18.1. The van der Waals surface area contributed by atoms with E-state index in [0.29, 0.717) is 18.7 Å². The van der Waals surface area contributed by atoms with E-state index < -0.39 is 0 Å². The number of nitrogens with zero attached hydrogens (tertiary/aromatic N) is 2. The average molecular weight is 246 g/mol. The van der Waals surface area contributed by atoms with Gasteiger partial charge in [-0.2, -0.15) is 0 Å². The number of hydrogen-bond acceptors (Lipinski definition) is 4. The zero-order chi connectivity index (χ0) is 12.8. The van der Waals surface area contributed by atoms with Crippen molar-refractivity contribution in [1.29, 1.82) is 0 Å². The van der Waals surface area contributed by atoms with Gasteiger partial charge in [0.05, 0.1) is 0 Å². The lowest BCUT2D eigenvalue weighted by Crippen LogP contribution is -1.99. The van der Waals surface area contributed by atoms with Crippen LogP contribution in [0.25, 0.3) is 0 Å². The van der Waals surface area contributed by atoms with Crippen LogP contribution in [-0.4, -0.2) is 16.4 Å². The molecule has 18 heavy (non-hydrogen) atoms. The molecule has 1 aromatic carbocycles. The zero-order valence-corrected chi connectivity index (χ0v) is 9.54. The summed E-state index contributed by atoms with van der Waals surface area (Å²) in [5, 5.41) is 0. The smallest absolute Gasteiger partial charge is 0.293 e. The van der Waals surface area contributed by atoms with Gasteiger partial charge in [0.25, 0.3) is 6.47 Å². The molecule has 1 aromatic heterocycles. The number of aromatic nitrogens is 2. The van der Waals surface area contributed by atoms with E-state index in [-0.39, 0.29) is 12.4 Å². The number of hydrogen-bond donors (Lipinski definition) is 0. The maximum Gasteiger partial charge on any atom is 0.293 e. The van der Waals surface area contributed by atoms with Crippen LogP contribution in [0.2, 0.25) is 0 Å². The Labute approximate surface area is 103 Å². The van der Waals surface area contributed by atoms with Gasteiger partial charge >= 0.3 is 0 Å². The Morgan fingerprint density at radius 3 is 2.39 bits per heavy atom. The molecule has 2 rings (SSSR count). The standard InChI is InChI=1S/C13H11FN2O2/c14-12-3-1-10(2-4-12)5-11-6-15-13(16-7-11)8-18-9-17/h1-4,6-7,9H,5,8H2. The molecule has 0 saturated carbocycles. The summed E-state index contributed by atoms with van der Waals surface area (Å²) in [5.41, 5.74) is 1.90. The van der Waals surface area contributed by atoms with Crippen LogP contribution in [0.4, 0.5) is 4.39 Å². The van der Waals surface area contributed by atoms with Gasteiger partial charge in [0, 0.05) is 18.8 Å². The summed E-state index contributed by atoms with van der Waals surface area (Å²) in [6, 6.07) is 6.28. The van der Waals surface area contributed by atoms with Crippen molar-refractivity contribution in [2.75, 3.05) is 0 Å². The highest BCUT2D eigenvalue weighted by atomic mass is 19.1. The highest BCUT2D eigenvalue weighted by molar-refractivity contribution is 5.36.